The van der Waals surface area contributed by atoms with E-state index in [1.807, 2.05) is 6.92 Å². The minimum absolute atomic E-state index is 0.173. The zero-order valence-corrected chi connectivity index (χ0v) is 23.8. The number of nitrogens with one attached hydrogen (secondary N) is 3. The zero-order valence-electron chi connectivity index (χ0n) is 23.8. The van der Waals surface area contributed by atoms with Crippen molar-refractivity contribution in [2.45, 2.75) is 58.0 Å². The lowest BCUT2D eigenvalue weighted by molar-refractivity contribution is 0.0982. The number of hydrogen-bond acceptors (Lipinski definition) is 9. The van der Waals surface area contributed by atoms with Gasteiger partial charge in [0.15, 0.2) is 17.3 Å². The average Bonchev–Trinajstić information content (AvgIpc) is 2.94. The monoisotopic (exact) mass is 535 g/mol. The van der Waals surface area contributed by atoms with Gasteiger partial charge >= 0.3 is 0 Å². The molecule has 0 saturated carbocycles. The summed E-state index contributed by atoms with van der Waals surface area (Å²) in [6.45, 7) is 13.0. The van der Waals surface area contributed by atoms with Gasteiger partial charge in [0.2, 0.25) is 0 Å². The molecule has 0 aliphatic carbocycles. The Morgan fingerprint density at radius 3 is 2.49 bits per heavy atom. The smallest absolute Gasteiger partial charge is 0.271 e. The number of aryl methyl sites for hydroxylation is 2. The van der Waals surface area contributed by atoms with Crippen LogP contribution in [0.25, 0.3) is 0 Å². The summed E-state index contributed by atoms with van der Waals surface area (Å²) in [5, 5.41) is 10.3. The molecule has 5 N–H and O–H groups in total. The number of primary amides is 1. The molecule has 10 nitrogen and oxygen atoms in total. The number of anilines is 4. The van der Waals surface area contributed by atoms with Crippen LogP contribution in [0.15, 0.2) is 18.2 Å². The Morgan fingerprint density at radius 2 is 1.85 bits per heavy atom. The van der Waals surface area contributed by atoms with Gasteiger partial charge in [-0.2, -0.15) is 0 Å². The third-order valence-electron chi connectivity index (χ3n) is 8.49. The molecule has 4 heterocycles. The molecule has 10 heteroatoms. The van der Waals surface area contributed by atoms with Gasteiger partial charge in [0.1, 0.15) is 0 Å². The molecule has 3 saturated heterocycles. The van der Waals surface area contributed by atoms with Crippen molar-refractivity contribution in [3.63, 3.8) is 0 Å². The quantitative estimate of drug-likeness (QED) is 0.405. The van der Waals surface area contributed by atoms with E-state index in [1.165, 1.54) is 50.3 Å². The van der Waals surface area contributed by atoms with Crippen LogP contribution in [0.3, 0.4) is 0 Å². The predicted molar refractivity (Wildman–Crippen MR) is 158 cm³/mol. The Bertz CT molecular complexity index is 1130. The highest BCUT2D eigenvalue weighted by atomic mass is 16.1. The van der Waals surface area contributed by atoms with Gasteiger partial charge in [-0.25, -0.2) is 9.97 Å². The van der Waals surface area contributed by atoms with Crippen LogP contribution in [-0.4, -0.2) is 97.2 Å². The van der Waals surface area contributed by atoms with Gasteiger partial charge in [-0.1, -0.05) is 6.92 Å². The molecule has 1 atom stereocenters. The number of hydrogen-bond donors (Lipinski definition) is 4. The number of rotatable bonds is 8. The summed E-state index contributed by atoms with van der Waals surface area (Å²) in [5.41, 5.74) is 9.99. The fraction of sp³-hybridized carbons (Fsp3) is 0.621. The van der Waals surface area contributed by atoms with E-state index in [-0.39, 0.29) is 11.7 Å². The van der Waals surface area contributed by atoms with Crippen LogP contribution >= 0.6 is 0 Å². The molecule has 0 unspecified atom stereocenters. The standard InChI is InChI=1S/C29H45N9O/c1-4-24-28(33-22-6-5-11-31-19-22)35-29(26(34-24)27(30)39)32-21-7-8-25(20(2)18-21)38-12-9-23(10-13-38)37-16-14-36(3)15-17-37/h7-8,18,22-23,31H,4-6,9-17,19H2,1-3H3,(H2,30,39)(H2,32,33,35)/t22-/m1/s1. The first-order chi connectivity index (χ1) is 18.9. The molecule has 3 fully saturated rings. The summed E-state index contributed by atoms with van der Waals surface area (Å²) >= 11 is 0. The van der Waals surface area contributed by atoms with Gasteiger partial charge in [0.05, 0.1) is 5.69 Å². The lowest BCUT2D eigenvalue weighted by Gasteiger charge is -2.43. The maximum Gasteiger partial charge on any atom is 0.271 e. The maximum atomic E-state index is 12.3. The van der Waals surface area contributed by atoms with Crippen LogP contribution in [0.5, 0.6) is 0 Å². The number of likely N-dealkylation sites (N-methyl/N-ethyl adjacent to an activating group) is 1. The Balaban J connectivity index is 1.28. The second-order valence-corrected chi connectivity index (χ2v) is 11.3. The zero-order chi connectivity index (χ0) is 27.4. The van der Waals surface area contributed by atoms with Crippen molar-refractivity contribution in [3.05, 3.63) is 35.2 Å². The first-order valence-electron chi connectivity index (χ1n) is 14.6. The highest BCUT2D eigenvalue weighted by Gasteiger charge is 2.27. The van der Waals surface area contributed by atoms with Crippen molar-refractivity contribution in [3.8, 4) is 0 Å². The van der Waals surface area contributed by atoms with Gasteiger partial charge in [0.25, 0.3) is 5.91 Å². The van der Waals surface area contributed by atoms with Gasteiger partial charge in [-0.3, -0.25) is 9.69 Å². The van der Waals surface area contributed by atoms with E-state index in [2.05, 4.69) is 67.8 Å². The fourth-order valence-electron chi connectivity index (χ4n) is 6.14. The first-order valence-corrected chi connectivity index (χ1v) is 14.6. The number of nitrogens with two attached hydrogens (primary N) is 1. The van der Waals surface area contributed by atoms with E-state index in [4.69, 9.17) is 10.7 Å². The summed E-state index contributed by atoms with van der Waals surface area (Å²) in [6, 6.07) is 7.35. The van der Waals surface area contributed by atoms with Crippen LogP contribution < -0.4 is 26.6 Å². The highest BCUT2D eigenvalue weighted by molar-refractivity contribution is 5.96. The summed E-state index contributed by atoms with van der Waals surface area (Å²) in [5.74, 6) is 0.531. The molecule has 212 valence electrons. The lowest BCUT2D eigenvalue weighted by Crippen LogP contribution is -2.52. The van der Waals surface area contributed by atoms with E-state index < -0.39 is 5.91 Å². The maximum absolute atomic E-state index is 12.3. The van der Waals surface area contributed by atoms with Crippen LogP contribution in [0.1, 0.15) is 54.4 Å². The summed E-state index contributed by atoms with van der Waals surface area (Å²) in [7, 11) is 2.22. The van der Waals surface area contributed by atoms with Crippen molar-refractivity contribution in [2.24, 2.45) is 5.73 Å². The number of carbonyl (C=O) groups excluding carboxylic acids is 1. The number of carbonyl (C=O) groups is 1. The molecule has 39 heavy (non-hydrogen) atoms. The topological polar surface area (TPSA) is 115 Å². The normalized spacial score (nSPS) is 21.6. The van der Waals surface area contributed by atoms with E-state index in [9.17, 15) is 4.79 Å². The van der Waals surface area contributed by atoms with Crippen molar-refractivity contribution in [2.75, 3.05) is 74.9 Å². The number of aromatic nitrogens is 2. The Morgan fingerprint density at radius 1 is 1.08 bits per heavy atom. The van der Waals surface area contributed by atoms with Crippen molar-refractivity contribution in [1.29, 1.82) is 0 Å². The Kier molecular flexibility index (Phi) is 8.84. The van der Waals surface area contributed by atoms with E-state index >= 15 is 0 Å². The van der Waals surface area contributed by atoms with Crippen LogP contribution in [-0.2, 0) is 6.42 Å². The second kappa shape index (κ2) is 12.5. The molecular formula is C29H45N9O. The van der Waals surface area contributed by atoms with Gasteiger partial charge < -0.3 is 31.5 Å². The van der Waals surface area contributed by atoms with Crippen LogP contribution in [0, 0.1) is 6.92 Å². The van der Waals surface area contributed by atoms with Crippen LogP contribution in [0.4, 0.5) is 23.0 Å². The van der Waals surface area contributed by atoms with E-state index in [0.717, 1.165) is 56.2 Å². The molecular weight excluding hydrogens is 490 g/mol. The number of piperidine rings is 2. The summed E-state index contributed by atoms with van der Waals surface area (Å²) in [6.07, 6.45) is 5.27. The van der Waals surface area contributed by atoms with Crippen molar-refractivity contribution in [1.82, 2.24) is 25.1 Å². The number of nitrogens with zero attached hydrogens (tertiary/aromatic N) is 5. The van der Waals surface area contributed by atoms with Crippen LogP contribution in [0.2, 0.25) is 0 Å². The SMILES string of the molecule is CCc1nc(C(N)=O)c(Nc2ccc(N3CCC(N4CCN(C)CC4)CC3)c(C)c2)nc1N[C@@H]1CCCNC1. The summed E-state index contributed by atoms with van der Waals surface area (Å²) < 4.78 is 0. The highest BCUT2D eigenvalue weighted by Crippen LogP contribution is 2.30. The molecule has 1 aromatic carbocycles. The minimum Gasteiger partial charge on any atom is -0.371 e. The Labute approximate surface area is 232 Å². The molecule has 1 aromatic heterocycles. The summed E-state index contributed by atoms with van der Waals surface area (Å²) in [4.78, 5) is 29.4. The molecule has 2 aromatic rings. The number of benzene rings is 1. The fourth-order valence-corrected chi connectivity index (χ4v) is 6.14. The molecule has 0 spiro atoms. The third-order valence-corrected chi connectivity index (χ3v) is 8.49. The molecule has 1 amide bonds. The molecule has 0 bridgehead atoms. The molecule has 5 rings (SSSR count). The van der Waals surface area contributed by atoms with Crippen molar-refractivity contribution < 1.29 is 4.79 Å². The number of piperazine rings is 1. The molecule has 3 aliphatic heterocycles. The van der Waals surface area contributed by atoms with E-state index in [0.29, 0.717) is 18.3 Å². The average molecular weight is 536 g/mol. The minimum atomic E-state index is -0.581. The van der Waals surface area contributed by atoms with Crippen molar-refractivity contribution >= 4 is 28.9 Å². The van der Waals surface area contributed by atoms with Gasteiger partial charge in [-0.15, -0.1) is 0 Å². The largest absolute Gasteiger partial charge is 0.371 e. The van der Waals surface area contributed by atoms with E-state index in [1.54, 1.807) is 0 Å². The molecule has 3 aliphatic rings. The Hall–Kier alpha value is -2.95. The second-order valence-electron chi connectivity index (χ2n) is 11.3. The predicted octanol–water partition coefficient (Wildman–Crippen LogP) is 2.57. The lowest BCUT2D eigenvalue weighted by atomic mass is 10.0. The first kappa shape index (κ1) is 27.6. The van der Waals surface area contributed by atoms with Gasteiger partial charge in [-0.05, 0) is 76.4 Å². The number of amides is 1. The van der Waals surface area contributed by atoms with Gasteiger partial charge in [0, 0.05) is 69.3 Å². The third kappa shape index (κ3) is 6.62. The molecule has 0 radical (unpaired) electrons.